The van der Waals surface area contributed by atoms with E-state index in [0.29, 0.717) is 6.42 Å². The number of allylic oxidation sites excluding steroid dienone is 2. The number of aliphatic hydroxyl groups is 1. The number of carbonyl (C=O) groups excluding carboxylic acids is 1. The molecule has 0 bridgehead atoms. The Morgan fingerprint density at radius 1 is 1.75 bits per heavy atom. The van der Waals surface area contributed by atoms with Crippen molar-refractivity contribution in [3.63, 3.8) is 0 Å². The highest BCUT2D eigenvalue weighted by molar-refractivity contribution is 5.87. The molecule has 0 radical (unpaired) electrons. The van der Waals surface area contributed by atoms with Gasteiger partial charge in [-0.15, -0.1) is 0 Å². The summed E-state index contributed by atoms with van der Waals surface area (Å²) in [6.07, 6.45) is 1.75. The lowest BCUT2D eigenvalue weighted by atomic mass is 10.3. The van der Waals surface area contributed by atoms with Gasteiger partial charge >= 0.3 is 0 Å². The summed E-state index contributed by atoms with van der Waals surface area (Å²) in [5.41, 5.74) is 0. The van der Waals surface area contributed by atoms with Crippen molar-refractivity contribution in [3.05, 3.63) is 11.8 Å². The molecular formula is C6H10O2. The number of hydrogen-bond donors (Lipinski definition) is 1. The number of carbonyl (C=O) groups is 1. The second kappa shape index (κ2) is 3.24. The summed E-state index contributed by atoms with van der Waals surface area (Å²) >= 11 is 0. The molecule has 1 N–H and O–H groups in total. The second-order valence-electron chi connectivity index (χ2n) is 1.60. The summed E-state index contributed by atoms with van der Waals surface area (Å²) in [5.74, 6) is 0.0434. The van der Waals surface area contributed by atoms with Crippen molar-refractivity contribution >= 4 is 5.78 Å². The molecule has 0 aromatic heterocycles. The van der Waals surface area contributed by atoms with Gasteiger partial charge in [0, 0.05) is 12.5 Å². The number of aliphatic hydroxyl groups excluding tert-OH is 1. The van der Waals surface area contributed by atoms with Crippen LogP contribution < -0.4 is 0 Å². The van der Waals surface area contributed by atoms with Crippen molar-refractivity contribution in [3.8, 4) is 0 Å². The molecule has 0 aliphatic heterocycles. The molecule has 0 rings (SSSR count). The first-order chi connectivity index (χ1) is 3.66. The van der Waals surface area contributed by atoms with Gasteiger partial charge in [0.1, 0.15) is 0 Å². The topological polar surface area (TPSA) is 37.3 Å². The smallest absolute Gasteiger partial charge is 0.155 e. The van der Waals surface area contributed by atoms with Crippen LogP contribution in [0.1, 0.15) is 20.3 Å². The summed E-state index contributed by atoms with van der Waals surface area (Å²) in [6, 6.07) is 0. The van der Waals surface area contributed by atoms with Gasteiger partial charge in [0.15, 0.2) is 5.78 Å². The van der Waals surface area contributed by atoms with Crippen LogP contribution in [0.5, 0.6) is 0 Å². The Balaban J connectivity index is 3.75. The highest BCUT2D eigenvalue weighted by Crippen LogP contribution is 1.92. The van der Waals surface area contributed by atoms with E-state index < -0.39 is 0 Å². The lowest BCUT2D eigenvalue weighted by Gasteiger charge is -1.87. The van der Waals surface area contributed by atoms with E-state index in [1.807, 2.05) is 0 Å². The maximum Gasteiger partial charge on any atom is 0.155 e. The summed E-state index contributed by atoms with van der Waals surface area (Å²) < 4.78 is 0. The summed E-state index contributed by atoms with van der Waals surface area (Å²) in [7, 11) is 0. The highest BCUT2D eigenvalue weighted by atomic mass is 16.3. The second-order valence-corrected chi connectivity index (χ2v) is 1.60. The fraction of sp³-hybridized carbons (Fsp3) is 0.500. The Morgan fingerprint density at radius 3 is 2.38 bits per heavy atom. The minimum atomic E-state index is -0.107. The molecule has 0 amide bonds. The molecular weight excluding hydrogens is 104 g/mol. The van der Waals surface area contributed by atoms with Gasteiger partial charge in [0.25, 0.3) is 0 Å². The van der Waals surface area contributed by atoms with Crippen LogP contribution in [0.2, 0.25) is 0 Å². The first-order valence-electron chi connectivity index (χ1n) is 2.57. The molecule has 0 aliphatic rings. The lowest BCUT2D eigenvalue weighted by molar-refractivity contribution is -0.112. The van der Waals surface area contributed by atoms with Crippen LogP contribution in [0, 0.1) is 0 Å². The van der Waals surface area contributed by atoms with E-state index in [-0.39, 0.29) is 11.5 Å². The zero-order valence-corrected chi connectivity index (χ0v) is 5.14. The molecule has 0 aliphatic carbocycles. The van der Waals surface area contributed by atoms with Crippen LogP contribution in [-0.2, 0) is 4.79 Å². The molecule has 0 unspecified atom stereocenters. The van der Waals surface area contributed by atoms with Crippen molar-refractivity contribution in [2.45, 2.75) is 20.3 Å². The fourth-order valence-electron chi connectivity index (χ4n) is 0.337. The molecule has 0 aromatic rings. The van der Waals surface area contributed by atoms with Gasteiger partial charge in [-0.1, -0.05) is 6.92 Å². The van der Waals surface area contributed by atoms with E-state index >= 15 is 0 Å². The standard InChI is InChI=1S/C6H10O2/c1-3-6(8)4-5(2)7/h4,8H,3H2,1-2H3. The van der Waals surface area contributed by atoms with Crippen molar-refractivity contribution in [1.82, 2.24) is 0 Å². The van der Waals surface area contributed by atoms with E-state index in [1.54, 1.807) is 6.92 Å². The van der Waals surface area contributed by atoms with Crippen LogP contribution in [0.4, 0.5) is 0 Å². The van der Waals surface area contributed by atoms with Crippen LogP contribution in [0.25, 0.3) is 0 Å². The monoisotopic (exact) mass is 114 g/mol. The minimum absolute atomic E-state index is 0.107. The van der Waals surface area contributed by atoms with Crippen molar-refractivity contribution < 1.29 is 9.90 Å². The Kier molecular flexibility index (Phi) is 2.92. The number of rotatable bonds is 2. The highest BCUT2D eigenvalue weighted by Gasteiger charge is 1.88. The van der Waals surface area contributed by atoms with Crippen molar-refractivity contribution in [2.24, 2.45) is 0 Å². The largest absolute Gasteiger partial charge is 0.512 e. The molecule has 2 nitrogen and oxygen atoms in total. The molecule has 0 saturated carbocycles. The van der Waals surface area contributed by atoms with Gasteiger partial charge in [-0.05, 0) is 6.92 Å². The quantitative estimate of drug-likeness (QED) is 0.435. The molecule has 0 saturated heterocycles. The normalized spacial score (nSPS) is 11.5. The van der Waals surface area contributed by atoms with Gasteiger partial charge in [-0.25, -0.2) is 0 Å². The lowest BCUT2D eigenvalue weighted by Crippen LogP contribution is -1.85. The van der Waals surface area contributed by atoms with Crippen LogP contribution in [0.3, 0.4) is 0 Å². The predicted molar refractivity (Wildman–Crippen MR) is 31.7 cm³/mol. The van der Waals surface area contributed by atoms with Gasteiger partial charge in [0.05, 0.1) is 5.76 Å². The van der Waals surface area contributed by atoms with Crippen LogP contribution >= 0.6 is 0 Å². The van der Waals surface area contributed by atoms with Crippen molar-refractivity contribution in [2.75, 3.05) is 0 Å². The van der Waals surface area contributed by atoms with E-state index in [4.69, 9.17) is 5.11 Å². The first-order valence-corrected chi connectivity index (χ1v) is 2.57. The van der Waals surface area contributed by atoms with E-state index in [1.165, 1.54) is 13.0 Å². The van der Waals surface area contributed by atoms with Gasteiger partial charge < -0.3 is 5.11 Å². The summed E-state index contributed by atoms with van der Waals surface area (Å²) in [5, 5.41) is 8.67. The van der Waals surface area contributed by atoms with Crippen LogP contribution in [0.15, 0.2) is 11.8 Å². The average Bonchev–Trinajstić information content (AvgIpc) is 1.65. The van der Waals surface area contributed by atoms with E-state index in [2.05, 4.69) is 0 Å². The Hall–Kier alpha value is -0.790. The maximum absolute atomic E-state index is 10.2. The van der Waals surface area contributed by atoms with E-state index in [9.17, 15) is 4.79 Å². The molecule has 2 heteroatoms. The average molecular weight is 114 g/mol. The molecule has 8 heavy (non-hydrogen) atoms. The summed E-state index contributed by atoms with van der Waals surface area (Å²) in [6.45, 7) is 3.20. The number of hydrogen-bond acceptors (Lipinski definition) is 2. The Morgan fingerprint density at radius 2 is 2.25 bits per heavy atom. The minimum Gasteiger partial charge on any atom is -0.512 e. The number of ketones is 1. The molecule has 0 atom stereocenters. The van der Waals surface area contributed by atoms with Gasteiger partial charge in [0.2, 0.25) is 0 Å². The van der Waals surface area contributed by atoms with Gasteiger partial charge in [-0.3, -0.25) is 4.79 Å². The third-order valence-corrected chi connectivity index (χ3v) is 0.732. The fourth-order valence-corrected chi connectivity index (χ4v) is 0.337. The molecule has 0 fully saturated rings. The Bertz CT molecular complexity index is 114. The maximum atomic E-state index is 10.2. The van der Waals surface area contributed by atoms with Crippen LogP contribution in [-0.4, -0.2) is 10.9 Å². The van der Waals surface area contributed by atoms with E-state index in [0.717, 1.165) is 0 Å². The van der Waals surface area contributed by atoms with Crippen molar-refractivity contribution in [1.29, 1.82) is 0 Å². The Labute approximate surface area is 48.8 Å². The third kappa shape index (κ3) is 3.40. The predicted octanol–water partition coefficient (Wildman–Crippen LogP) is 1.43. The molecule has 46 valence electrons. The molecule has 0 spiro atoms. The van der Waals surface area contributed by atoms with Gasteiger partial charge in [-0.2, -0.15) is 0 Å². The SMILES string of the molecule is CCC(O)=CC(C)=O. The zero-order chi connectivity index (χ0) is 6.57. The summed E-state index contributed by atoms with van der Waals surface area (Å²) in [4.78, 5) is 10.2. The molecule has 0 heterocycles. The first kappa shape index (κ1) is 7.21. The third-order valence-electron chi connectivity index (χ3n) is 0.732. The molecule has 0 aromatic carbocycles. The zero-order valence-electron chi connectivity index (χ0n) is 5.14.